The summed E-state index contributed by atoms with van der Waals surface area (Å²) >= 11 is 0. The number of carbonyl (C=O) groups excluding carboxylic acids is 3. The number of rotatable bonds is 6. The van der Waals surface area contributed by atoms with E-state index in [0.29, 0.717) is 44.1 Å². The summed E-state index contributed by atoms with van der Waals surface area (Å²) < 4.78 is 17.4. The van der Waals surface area contributed by atoms with Gasteiger partial charge in [-0.05, 0) is 156 Å². The number of hydrazone groups is 2. The van der Waals surface area contributed by atoms with Gasteiger partial charge in [-0.1, -0.05) is 0 Å². The number of hydrogen-bond acceptors (Lipinski definition) is 12. The fourth-order valence-corrected chi connectivity index (χ4v) is 8.45. The number of amidine groups is 2. The summed E-state index contributed by atoms with van der Waals surface area (Å²) in [5.74, 6) is 4.63. The quantitative estimate of drug-likeness (QED) is 0.323. The number of benzene rings is 2. The van der Waals surface area contributed by atoms with Crippen molar-refractivity contribution in [2.75, 3.05) is 49.2 Å². The molecule has 0 aromatic heterocycles. The number of hydrogen-bond donors (Lipinski definition) is 4. The van der Waals surface area contributed by atoms with Crippen molar-refractivity contribution in [2.45, 2.75) is 110 Å². The summed E-state index contributed by atoms with van der Waals surface area (Å²) in [5.41, 5.74) is 12.1. The predicted molar refractivity (Wildman–Crippen MR) is 221 cm³/mol. The molecule has 16 heteroatoms. The van der Waals surface area contributed by atoms with E-state index in [1.54, 1.807) is 4.90 Å². The first kappa shape index (κ1) is 40.4. The highest BCUT2D eigenvalue weighted by Crippen LogP contribution is 2.49. The molecule has 4 fully saturated rings. The number of carbonyl (C=O) groups is 4. The van der Waals surface area contributed by atoms with E-state index in [4.69, 9.17) is 24.1 Å². The first-order chi connectivity index (χ1) is 28.1. The molecular weight excluding hydrogens is 757 g/mol. The van der Waals surface area contributed by atoms with Crippen LogP contribution in [0.1, 0.15) is 101 Å². The second-order valence-corrected chi connectivity index (χ2v) is 18.0. The van der Waals surface area contributed by atoms with Crippen LogP contribution in [0, 0.1) is 11.8 Å². The van der Waals surface area contributed by atoms with Crippen LogP contribution in [0.3, 0.4) is 0 Å². The molecule has 59 heavy (non-hydrogen) atoms. The fraction of sp³-hybridized carbons (Fsp3) is 0.581. The van der Waals surface area contributed by atoms with Gasteiger partial charge >= 0.3 is 6.09 Å². The van der Waals surface area contributed by atoms with E-state index in [9.17, 15) is 14.4 Å². The molecule has 0 spiro atoms. The van der Waals surface area contributed by atoms with Crippen LogP contribution in [-0.2, 0) is 32.0 Å². The Morgan fingerprint density at radius 1 is 0.780 bits per heavy atom. The van der Waals surface area contributed by atoms with Crippen molar-refractivity contribution in [1.82, 2.24) is 21.1 Å². The number of fused-ring (bicyclic) bond motifs is 6. The molecular formula is C43H56N8O8. The zero-order valence-corrected chi connectivity index (χ0v) is 34.8. The van der Waals surface area contributed by atoms with E-state index in [1.165, 1.54) is 47.9 Å². The monoisotopic (exact) mass is 812 g/mol. The van der Waals surface area contributed by atoms with Gasteiger partial charge in [-0.15, -0.1) is 0 Å². The number of carboxylic acids is 1. The van der Waals surface area contributed by atoms with Crippen molar-refractivity contribution in [3.05, 3.63) is 46.5 Å². The zero-order chi connectivity index (χ0) is 41.7. The number of likely N-dealkylation sites (tertiary alicyclic amines) is 1. The van der Waals surface area contributed by atoms with Crippen molar-refractivity contribution >= 4 is 46.9 Å². The van der Waals surface area contributed by atoms with Crippen molar-refractivity contribution in [3.63, 3.8) is 0 Å². The molecule has 2 aromatic rings. The lowest BCUT2D eigenvalue weighted by Crippen LogP contribution is -2.55. The highest BCUT2D eigenvalue weighted by Gasteiger charge is 2.40. The van der Waals surface area contributed by atoms with Gasteiger partial charge in [0, 0.05) is 20.0 Å². The molecule has 2 saturated heterocycles. The normalized spacial score (nSPS) is 23.1. The molecule has 6 heterocycles. The Morgan fingerprint density at radius 2 is 1.22 bits per heavy atom. The summed E-state index contributed by atoms with van der Waals surface area (Å²) in [5, 5.41) is 19.1. The standard InChI is InChI=1S/C23H30N4O4.C18H22N4O2.C2H4O2/c1-13-21(28)25-24-20-12-30-19-9-17(15-5-6-15)16(8-18(19)27(13)20)7-14-10-26(11-14)22(29)31-23(2,3)4;1-10-18(23)21-20-17-9-24-16-6-14(12-2-3-12)13(4-11-7-19-8-11)5-15(16)22(10)17;1-2(3)4/h8-9,13-15H,5-7,10-12H2,1-4H3,(H,25,28);5-6,10-12,19H,2-4,7-9H2,1H3,(H,21,23);1H3,(H,3,4)/t13-;10-;/m00./s1. The Morgan fingerprint density at radius 3 is 1.61 bits per heavy atom. The number of anilines is 2. The Labute approximate surface area is 344 Å². The van der Waals surface area contributed by atoms with Gasteiger partial charge in [0.2, 0.25) is 0 Å². The molecule has 16 nitrogen and oxygen atoms in total. The molecule has 316 valence electrons. The number of ether oxygens (including phenoxy) is 3. The van der Waals surface area contributed by atoms with Gasteiger partial charge in [-0.25, -0.2) is 15.6 Å². The molecule has 0 bridgehead atoms. The predicted octanol–water partition coefficient (Wildman–Crippen LogP) is 4.45. The average Bonchev–Trinajstić information content (AvgIpc) is 4.07. The SMILES string of the molecule is CC(=O)O.C[C@H]1C(=O)NN=C2COc3cc(C4CC4)c(CC4CN(C(=O)OC(C)(C)C)C4)cc3N21.C[C@H]1C(=O)NN=C2COc3cc(C4CC4)c(CC4CNC4)cc3N21. The Hall–Kier alpha value is -5.38. The molecule has 2 atom stereocenters. The average molecular weight is 813 g/mol. The molecule has 4 N–H and O–H groups in total. The molecule has 10 rings (SSSR count). The van der Waals surface area contributed by atoms with E-state index < -0.39 is 11.6 Å². The summed E-state index contributed by atoms with van der Waals surface area (Å²) in [6.45, 7) is 14.9. The molecule has 3 amide bonds. The smallest absolute Gasteiger partial charge is 0.410 e. The highest BCUT2D eigenvalue weighted by molar-refractivity contribution is 6.10. The summed E-state index contributed by atoms with van der Waals surface area (Å²) in [7, 11) is 0. The number of carboxylic acid groups (broad SMARTS) is 1. The summed E-state index contributed by atoms with van der Waals surface area (Å²) in [6.07, 6.45) is 6.74. The topological polar surface area (TPSA) is 187 Å². The van der Waals surface area contributed by atoms with Gasteiger partial charge in [0.15, 0.2) is 11.7 Å². The third-order valence-electron chi connectivity index (χ3n) is 11.9. The Bertz CT molecular complexity index is 2080. The maximum absolute atomic E-state index is 12.3. The molecule has 2 aromatic carbocycles. The van der Waals surface area contributed by atoms with Gasteiger partial charge in [0.1, 0.15) is 42.4 Å². The van der Waals surface area contributed by atoms with Crippen LogP contribution in [0.25, 0.3) is 0 Å². The van der Waals surface area contributed by atoms with Gasteiger partial charge in [0.25, 0.3) is 17.8 Å². The minimum Gasteiger partial charge on any atom is -0.483 e. The molecule has 6 aliphatic heterocycles. The first-order valence-electron chi connectivity index (χ1n) is 20.9. The van der Waals surface area contributed by atoms with Crippen LogP contribution in [-0.4, -0.2) is 103 Å². The molecule has 0 unspecified atom stereocenters. The number of aliphatic carboxylic acids is 1. The van der Waals surface area contributed by atoms with Gasteiger partial charge in [0.05, 0.1) is 11.4 Å². The van der Waals surface area contributed by atoms with Crippen LogP contribution in [0.4, 0.5) is 16.2 Å². The van der Waals surface area contributed by atoms with Gasteiger partial charge < -0.3 is 39.3 Å². The summed E-state index contributed by atoms with van der Waals surface area (Å²) in [6, 6.07) is 8.24. The zero-order valence-electron chi connectivity index (χ0n) is 34.8. The lowest BCUT2D eigenvalue weighted by molar-refractivity contribution is -0.134. The highest BCUT2D eigenvalue weighted by atomic mass is 16.6. The second-order valence-electron chi connectivity index (χ2n) is 18.0. The third kappa shape index (κ3) is 8.82. The maximum Gasteiger partial charge on any atom is 0.410 e. The van der Waals surface area contributed by atoms with Gasteiger partial charge in [-0.2, -0.15) is 10.2 Å². The maximum atomic E-state index is 12.3. The van der Waals surface area contributed by atoms with Crippen molar-refractivity contribution in [2.24, 2.45) is 22.0 Å². The number of amides is 3. The number of nitrogens with one attached hydrogen (secondary N) is 3. The van der Waals surface area contributed by atoms with Crippen LogP contribution in [0.15, 0.2) is 34.5 Å². The minimum atomic E-state index is -0.833. The fourth-order valence-electron chi connectivity index (χ4n) is 8.45. The van der Waals surface area contributed by atoms with Crippen LogP contribution < -0.4 is 35.4 Å². The van der Waals surface area contributed by atoms with Crippen molar-refractivity contribution < 1.29 is 38.5 Å². The molecule has 8 aliphatic rings. The minimum absolute atomic E-state index is 0.0670. The lowest BCUT2D eigenvalue weighted by Gasteiger charge is -2.41. The Kier molecular flexibility index (Phi) is 11.0. The molecule has 0 radical (unpaired) electrons. The van der Waals surface area contributed by atoms with Crippen LogP contribution >= 0.6 is 0 Å². The van der Waals surface area contributed by atoms with Crippen molar-refractivity contribution in [3.8, 4) is 11.5 Å². The third-order valence-corrected chi connectivity index (χ3v) is 11.9. The second kappa shape index (κ2) is 16.0. The first-order valence-corrected chi connectivity index (χ1v) is 20.9. The largest absolute Gasteiger partial charge is 0.483 e. The van der Waals surface area contributed by atoms with E-state index >= 15 is 0 Å². The van der Waals surface area contributed by atoms with Crippen molar-refractivity contribution in [1.29, 1.82) is 0 Å². The van der Waals surface area contributed by atoms with E-state index in [2.05, 4.69) is 50.6 Å². The number of nitrogens with zero attached hydrogens (tertiary/aromatic N) is 5. The van der Waals surface area contributed by atoms with E-state index in [0.717, 1.165) is 73.3 Å². The molecule has 2 saturated carbocycles. The lowest BCUT2D eigenvalue weighted by atomic mass is 9.88. The summed E-state index contributed by atoms with van der Waals surface area (Å²) in [4.78, 5) is 51.3. The van der Waals surface area contributed by atoms with Gasteiger partial charge in [-0.3, -0.25) is 14.4 Å². The Balaban J connectivity index is 0.000000154. The molecule has 2 aliphatic carbocycles. The van der Waals surface area contributed by atoms with E-state index in [1.807, 2.05) is 44.4 Å². The van der Waals surface area contributed by atoms with Crippen LogP contribution in [0.5, 0.6) is 11.5 Å². The van der Waals surface area contributed by atoms with E-state index in [-0.39, 0.29) is 30.0 Å². The van der Waals surface area contributed by atoms with Crippen LogP contribution in [0.2, 0.25) is 0 Å².